The minimum absolute atomic E-state index is 0.146. The molecule has 18 heavy (non-hydrogen) atoms. The molecule has 4 heteroatoms. The first-order chi connectivity index (χ1) is 8.08. The molecular weight excluding hydrogens is 258 g/mol. The zero-order valence-electron chi connectivity index (χ0n) is 12.6. The van der Waals surface area contributed by atoms with Crippen LogP contribution in [0, 0.1) is 11.5 Å². The highest BCUT2D eigenvalue weighted by Gasteiger charge is 2.51. The highest BCUT2D eigenvalue weighted by molar-refractivity contribution is 7.84. The average molecular weight is 284 g/mol. The second-order valence-electron chi connectivity index (χ2n) is 6.70. The van der Waals surface area contributed by atoms with Gasteiger partial charge in [0.1, 0.15) is 25.1 Å². The summed E-state index contributed by atoms with van der Waals surface area (Å²) in [6, 6.07) is 0.381. The molecule has 0 N–H and O–H groups in total. The largest absolute Gasteiger partial charge is 0.242 e. The molecule has 4 atom stereocenters. The first kappa shape index (κ1) is 15.7. The summed E-state index contributed by atoms with van der Waals surface area (Å²) in [6.45, 7) is 14.7. The summed E-state index contributed by atoms with van der Waals surface area (Å²) in [7, 11) is -2.33. The summed E-state index contributed by atoms with van der Waals surface area (Å²) in [4.78, 5) is 0. The van der Waals surface area contributed by atoms with Gasteiger partial charge in [0.15, 0.2) is 0 Å². The van der Waals surface area contributed by atoms with Crippen LogP contribution in [0.1, 0.15) is 27.7 Å². The van der Waals surface area contributed by atoms with Gasteiger partial charge in [0.25, 0.3) is 0 Å². The number of hydrogen-bond donors (Lipinski definition) is 0. The summed E-state index contributed by atoms with van der Waals surface area (Å²) in [5.74, 6) is 3.33. The minimum atomic E-state index is -1.35. The highest BCUT2D eigenvalue weighted by atomic mass is 32.2. The molecule has 1 fully saturated rings. The normalized spacial score (nSPS) is 29.8. The van der Waals surface area contributed by atoms with Crippen LogP contribution in [0.4, 0.5) is 0 Å². The third kappa shape index (κ3) is 4.08. The first-order valence-electron chi connectivity index (χ1n) is 6.44. The second-order valence-corrected chi connectivity index (χ2v) is 13.6. The van der Waals surface area contributed by atoms with E-state index in [-0.39, 0.29) is 16.8 Å². The van der Waals surface area contributed by atoms with Crippen molar-refractivity contribution in [1.29, 1.82) is 0 Å². The van der Waals surface area contributed by atoms with Gasteiger partial charge in [0.2, 0.25) is 0 Å². The Kier molecular flexibility index (Phi) is 4.64. The van der Waals surface area contributed by atoms with Gasteiger partial charge in [-0.25, -0.2) is 4.21 Å². The summed E-state index contributed by atoms with van der Waals surface area (Å²) < 4.78 is 14.2. The summed E-state index contributed by atoms with van der Waals surface area (Å²) >= 11 is 0. The van der Waals surface area contributed by atoms with E-state index in [4.69, 9.17) is 0 Å². The summed E-state index contributed by atoms with van der Waals surface area (Å²) in [5.41, 5.74) is 3.39. The van der Waals surface area contributed by atoms with E-state index in [9.17, 15) is 4.21 Å². The Hall–Kier alpha value is -0.373. The SMILES string of the molecule is C/C=C/[C@@H]1[C@@H](C#C[Si](C)(C)C)N1S(=O)C(C)(C)C. The molecule has 0 spiro atoms. The molecule has 1 saturated heterocycles. The predicted octanol–water partition coefficient (Wildman–Crippen LogP) is 2.96. The van der Waals surface area contributed by atoms with Gasteiger partial charge in [0, 0.05) is 0 Å². The van der Waals surface area contributed by atoms with E-state index < -0.39 is 19.1 Å². The Morgan fingerprint density at radius 1 is 1.28 bits per heavy atom. The third-order valence-electron chi connectivity index (χ3n) is 2.50. The van der Waals surface area contributed by atoms with E-state index in [0.29, 0.717) is 0 Å². The lowest BCUT2D eigenvalue weighted by Gasteiger charge is -2.18. The molecule has 2 unspecified atom stereocenters. The monoisotopic (exact) mass is 283 g/mol. The van der Waals surface area contributed by atoms with Crippen LogP contribution < -0.4 is 0 Å². The van der Waals surface area contributed by atoms with Gasteiger partial charge < -0.3 is 0 Å². The van der Waals surface area contributed by atoms with Crippen LogP contribution in [0.5, 0.6) is 0 Å². The Bertz CT molecular complexity index is 420. The standard InChI is InChI=1S/C14H25NOSSi/c1-8-9-12-13(10-11-18(5,6)7)15(12)17(16)14(2,3)4/h8-9,12-13H,1-7H3/b9-8+/t12-,13-,15?,17?/m1/s1. The molecule has 0 aromatic rings. The maximum atomic E-state index is 12.4. The maximum Gasteiger partial charge on any atom is 0.129 e. The third-order valence-corrected chi connectivity index (χ3v) is 5.30. The summed E-state index contributed by atoms with van der Waals surface area (Å²) in [6.07, 6.45) is 4.13. The first-order valence-corrected chi connectivity index (χ1v) is 11.0. The molecule has 0 amide bonds. The average Bonchev–Trinajstić information content (AvgIpc) is 2.85. The van der Waals surface area contributed by atoms with Gasteiger partial charge in [-0.3, -0.25) is 0 Å². The lowest BCUT2D eigenvalue weighted by molar-refractivity contribution is 0.608. The Labute approximate surface area is 115 Å². The number of rotatable bonds is 2. The number of allylic oxidation sites excluding steroid dienone is 1. The van der Waals surface area contributed by atoms with E-state index in [1.165, 1.54) is 0 Å². The van der Waals surface area contributed by atoms with Crippen molar-refractivity contribution < 1.29 is 4.21 Å². The van der Waals surface area contributed by atoms with Crippen molar-refractivity contribution in [2.45, 2.75) is 64.2 Å². The van der Waals surface area contributed by atoms with E-state index in [1.807, 2.05) is 38.1 Å². The van der Waals surface area contributed by atoms with Gasteiger partial charge in [-0.1, -0.05) is 37.7 Å². The zero-order chi connectivity index (χ0) is 14.1. The number of nitrogens with zero attached hydrogens (tertiary/aromatic N) is 1. The Morgan fingerprint density at radius 3 is 2.22 bits per heavy atom. The van der Waals surface area contributed by atoms with Crippen molar-refractivity contribution in [2.75, 3.05) is 0 Å². The lowest BCUT2D eigenvalue weighted by Crippen LogP contribution is -2.28. The molecule has 0 saturated carbocycles. The molecule has 102 valence electrons. The van der Waals surface area contributed by atoms with Crippen LogP contribution in [0.2, 0.25) is 19.6 Å². The minimum Gasteiger partial charge on any atom is -0.242 e. The summed E-state index contributed by atoms with van der Waals surface area (Å²) in [5, 5.41) is 0. The van der Waals surface area contributed by atoms with Crippen molar-refractivity contribution in [3.05, 3.63) is 12.2 Å². The van der Waals surface area contributed by atoms with E-state index in [2.05, 4.69) is 37.2 Å². The second kappa shape index (κ2) is 5.32. The number of hydrogen-bond acceptors (Lipinski definition) is 1. The predicted molar refractivity (Wildman–Crippen MR) is 83.2 cm³/mol. The van der Waals surface area contributed by atoms with Crippen molar-refractivity contribution in [3.8, 4) is 11.5 Å². The van der Waals surface area contributed by atoms with Crippen LogP contribution in [0.3, 0.4) is 0 Å². The van der Waals surface area contributed by atoms with Gasteiger partial charge in [-0.2, -0.15) is 4.31 Å². The fourth-order valence-corrected chi connectivity index (χ4v) is 3.53. The fraction of sp³-hybridized carbons (Fsp3) is 0.714. The van der Waals surface area contributed by atoms with Crippen molar-refractivity contribution >= 4 is 19.1 Å². The van der Waals surface area contributed by atoms with E-state index >= 15 is 0 Å². The fourth-order valence-electron chi connectivity index (χ4n) is 1.59. The van der Waals surface area contributed by atoms with Crippen LogP contribution in [0.25, 0.3) is 0 Å². The van der Waals surface area contributed by atoms with E-state index in [1.54, 1.807) is 0 Å². The van der Waals surface area contributed by atoms with Crippen LogP contribution in [-0.4, -0.2) is 33.4 Å². The van der Waals surface area contributed by atoms with Gasteiger partial charge in [0.05, 0.1) is 10.8 Å². The maximum absolute atomic E-state index is 12.4. The van der Waals surface area contributed by atoms with Gasteiger partial charge >= 0.3 is 0 Å². The molecule has 2 nitrogen and oxygen atoms in total. The quantitative estimate of drug-likeness (QED) is 0.330. The molecule has 1 aliphatic heterocycles. The molecule has 0 aliphatic carbocycles. The molecule has 0 aromatic carbocycles. The Morgan fingerprint density at radius 2 is 1.83 bits per heavy atom. The molecule has 1 rings (SSSR count). The topological polar surface area (TPSA) is 20.1 Å². The van der Waals surface area contributed by atoms with Crippen LogP contribution in [0.15, 0.2) is 12.2 Å². The highest BCUT2D eigenvalue weighted by Crippen LogP contribution is 2.35. The molecule has 0 aromatic heterocycles. The van der Waals surface area contributed by atoms with E-state index in [0.717, 1.165) is 0 Å². The molecule has 0 radical (unpaired) electrons. The molecule has 1 aliphatic rings. The van der Waals surface area contributed by atoms with Gasteiger partial charge in [-0.15, -0.1) is 5.54 Å². The zero-order valence-corrected chi connectivity index (χ0v) is 14.4. The van der Waals surface area contributed by atoms with Crippen molar-refractivity contribution in [1.82, 2.24) is 4.31 Å². The molecule has 0 bridgehead atoms. The smallest absolute Gasteiger partial charge is 0.129 e. The molecular formula is C14H25NOSSi. The van der Waals surface area contributed by atoms with Crippen molar-refractivity contribution in [2.24, 2.45) is 0 Å². The molecule has 1 heterocycles. The van der Waals surface area contributed by atoms with Gasteiger partial charge in [-0.05, 0) is 27.7 Å². The Balaban J connectivity index is 2.86. The van der Waals surface area contributed by atoms with Crippen molar-refractivity contribution in [3.63, 3.8) is 0 Å². The lowest BCUT2D eigenvalue weighted by atomic mass is 10.3. The van der Waals surface area contributed by atoms with Crippen LogP contribution >= 0.6 is 0 Å². The van der Waals surface area contributed by atoms with Crippen LogP contribution in [-0.2, 0) is 11.0 Å².